The molecule has 0 aliphatic carbocycles. The number of para-hydroxylation sites is 1. The second-order valence-corrected chi connectivity index (χ2v) is 4.25. The molecule has 3 nitrogen and oxygen atoms in total. The lowest BCUT2D eigenvalue weighted by atomic mass is 9.94. The van der Waals surface area contributed by atoms with E-state index in [9.17, 15) is 9.90 Å². The fourth-order valence-corrected chi connectivity index (χ4v) is 2.16. The van der Waals surface area contributed by atoms with Gasteiger partial charge in [0, 0.05) is 0 Å². The molecule has 0 unspecified atom stereocenters. The molecule has 1 aliphatic heterocycles. The van der Waals surface area contributed by atoms with Gasteiger partial charge < -0.3 is 9.84 Å². The molecule has 3 heteroatoms. The first kappa shape index (κ1) is 11.0. The predicted octanol–water partition coefficient (Wildman–Crippen LogP) is 2.36. The van der Waals surface area contributed by atoms with Crippen LogP contribution >= 0.6 is 0 Å². The smallest absolute Gasteiger partial charge is 0.199 e. The summed E-state index contributed by atoms with van der Waals surface area (Å²) in [6, 6.07) is 16.3. The van der Waals surface area contributed by atoms with E-state index in [1.165, 1.54) is 0 Å². The van der Waals surface area contributed by atoms with Gasteiger partial charge in [0.05, 0.1) is 5.56 Å². The molecule has 90 valence electrons. The number of carbonyl (C=O) groups excluding carboxylic acids is 1. The lowest BCUT2D eigenvalue weighted by Gasteiger charge is -2.29. The molecule has 3 rings (SSSR count). The van der Waals surface area contributed by atoms with Gasteiger partial charge in [-0.05, 0) is 17.7 Å². The van der Waals surface area contributed by atoms with Crippen LogP contribution in [0.4, 0.5) is 0 Å². The number of aliphatic hydroxyl groups excluding tert-OH is 1. The van der Waals surface area contributed by atoms with Gasteiger partial charge >= 0.3 is 0 Å². The number of rotatable bonds is 1. The van der Waals surface area contributed by atoms with Gasteiger partial charge in [0.25, 0.3) is 0 Å². The zero-order valence-corrected chi connectivity index (χ0v) is 9.61. The van der Waals surface area contributed by atoms with E-state index in [0.717, 1.165) is 5.56 Å². The fourth-order valence-electron chi connectivity index (χ4n) is 2.16. The SMILES string of the molecule is O=C1c2ccccc2O[C@@H](c2ccccc2)[C@H]1O. The van der Waals surface area contributed by atoms with Crippen molar-refractivity contribution >= 4 is 5.78 Å². The Bertz CT molecular complexity index is 577. The van der Waals surface area contributed by atoms with E-state index in [0.29, 0.717) is 11.3 Å². The lowest BCUT2D eigenvalue weighted by Crippen LogP contribution is -2.36. The van der Waals surface area contributed by atoms with Crippen molar-refractivity contribution in [3.8, 4) is 5.75 Å². The quantitative estimate of drug-likeness (QED) is 0.832. The van der Waals surface area contributed by atoms with Crippen molar-refractivity contribution < 1.29 is 14.6 Å². The monoisotopic (exact) mass is 240 g/mol. The Morgan fingerprint density at radius 1 is 0.944 bits per heavy atom. The molecule has 1 heterocycles. The third kappa shape index (κ3) is 1.69. The van der Waals surface area contributed by atoms with E-state index < -0.39 is 12.2 Å². The Hall–Kier alpha value is -2.13. The Kier molecular flexibility index (Phi) is 2.61. The summed E-state index contributed by atoms with van der Waals surface area (Å²) in [5, 5.41) is 10.1. The minimum Gasteiger partial charge on any atom is -0.482 e. The molecule has 0 spiro atoms. The van der Waals surface area contributed by atoms with E-state index in [2.05, 4.69) is 0 Å². The molecular weight excluding hydrogens is 228 g/mol. The predicted molar refractivity (Wildman–Crippen MR) is 66.6 cm³/mol. The van der Waals surface area contributed by atoms with Crippen molar-refractivity contribution in [2.45, 2.75) is 12.2 Å². The summed E-state index contributed by atoms with van der Waals surface area (Å²) >= 11 is 0. The number of Topliss-reactive ketones (excluding diaryl/α,β-unsaturated/α-hetero) is 1. The third-order valence-corrected chi connectivity index (χ3v) is 3.09. The molecule has 0 amide bonds. The summed E-state index contributed by atoms with van der Waals surface area (Å²) in [6.07, 6.45) is -1.78. The third-order valence-electron chi connectivity index (χ3n) is 3.09. The Balaban J connectivity index is 2.04. The van der Waals surface area contributed by atoms with Crippen LogP contribution in [0.2, 0.25) is 0 Å². The number of ketones is 1. The van der Waals surface area contributed by atoms with Crippen LogP contribution in [0.3, 0.4) is 0 Å². The first-order valence-electron chi connectivity index (χ1n) is 5.80. The summed E-state index contributed by atoms with van der Waals surface area (Å²) in [5.74, 6) is 0.243. The molecule has 18 heavy (non-hydrogen) atoms. The van der Waals surface area contributed by atoms with Gasteiger partial charge in [-0.1, -0.05) is 42.5 Å². The number of hydrogen-bond acceptors (Lipinski definition) is 3. The minimum atomic E-state index is -1.15. The van der Waals surface area contributed by atoms with Crippen LogP contribution in [0.1, 0.15) is 22.0 Å². The normalized spacial score (nSPS) is 22.2. The first-order valence-corrected chi connectivity index (χ1v) is 5.80. The number of aliphatic hydroxyl groups is 1. The van der Waals surface area contributed by atoms with Crippen LogP contribution in [0.5, 0.6) is 5.75 Å². The highest BCUT2D eigenvalue weighted by atomic mass is 16.5. The van der Waals surface area contributed by atoms with Crippen molar-refractivity contribution in [2.75, 3.05) is 0 Å². The van der Waals surface area contributed by atoms with Crippen molar-refractivity contribution in [1.82, 2.24) is 0 Å². The highest BCUT2D eigenvalue weighted by Gasteiger charge is 2.36. The molecule has 0 fully saturated rings. The topological polar surface area (TPSA) is 46.5 Å². The van der Waals surface area contributed by atoms with E-state index in [1.54, 1.807) is 18.2 Å². The van der Waals surface area contributed by atoms with Crippen LogP contribution in [0, 0.1) is 0 Å². The second-order valence-electron chi connectivity index (χ2n) is 4.25. The van der Waals surface area contributed by atoms with Crippen molar-refractivity contribution in [3.63, 3.8) is 0 Å². The van der Waals surface area contributed by atoms with E-state index in [-0.39, 0.29) is 5.78 Å². The maximum absolute atomic E-state index is 12.1. The Morgan fingerprint density at radius 2 is 1.61 bits per heavy atom. The Labute approximate surface area is 105 Å². The van der Waals surface area contributed by atoms with Crippen LogP contribution in [-0.4, -0.2) is 17.0 Å². The summed E-state index contributed by atoms with van der Waals surface area (Å²) < 4.78 is 5.73. The van der Waals surface area contributed by atoms with Crippen molar-refractivity contribution in [2.24, 2.45) is 0 Å². The standard InChI is InChI=1S/C15H12O3/c16-13-11-8-4-5-9-12(11)18-15(14(13)17)10-6-2-1-3-7-10/h1-9,14-15,17H/t14-,15-/m0/s1. The van der Waals surface area contributed by atoms with Crippen LogP contribution in [0.25, 0.3) is 0 Å². The molecule has 1 N–H and O–H groups in total. The molecule has 1 aliphatic rings. The molecule has 2 aromatic rings. The zero-order chi connectivity index (χ0) is 12.5. The summed E-state index contributed by atoms with van der Waals surface area (Å²) in [5.41, 5.74) is 1.24. The molecule has 0 radical (unpaired) electrons. The average Bonchev–Trinajstić information content (AvgIpc) is 2.44. The van der Waals surface area contributed by atoms with Gasteiger partial charge in [-0.3, -0.25) is 4.79 Å². The number of ether oxygens (including phenoxy) is 1. The average molecular weight is 240 g/mol. The number of benzene rings is 2. The molecule has 0 bridgehead atoms. The molecule has 0 aromatic heterocycles. The zero-order valence-electron chi connectivity index (χ0n) is 9.61. The first-order chi connectivity index (χ1) is 8.77. The van der Waals surface area contributed by atoms with Gasteiger partial charge in [0.1, 0.15) is 5.75 Å². The molecule has 2 atom stereocenters. The summed E-state index contributed by atoms with van der Waals surface area (Å²) in [7, 11) is 0. The number of carbonyl (C=O) groups is 1. The van der Waals surface area contributed by atoms with Gasteiger partial charge in [-0.15, -0.1) is 0 Å². The van der Waals surface area contributed by atoms with Gasteiger partial charge in [-0.25, -0.2) is 0 Å². The summed E-state index contributed by atoms with van der Waals surface area (Å²) in [4.78, 5) is 12.1. The van der Waals surface area contributed by atoms with Crippen LogP contribution < -0.4 is 4.74 Å². The van der Waals surface area contributed by atoms with Crippen LogP contribution in [-0.2, 0) is 0 Å². The van der Waals surface area contributed by atoms with Gasteiger partial charge in [0.2, 0.25) is 0 Å². The lowest BCUT2D eigenvalue weighted by molar-refractivity contribution is 0.0216. The molecular formula is C15H12O3. The number of hydrogen-bond donors (Lipinski definition) is 1. The highest BCUT2D eigenvalue weighted by Crippen LogP contribution is 2.34. The van der Waals surface area contributed by atoms with Gasteiger partial charge in [-0.2, -0.15) is 0 Å². The van der Waals surface area contributed by atoms with E-state index in [1.807, 2.05) is 36.4 Å². The molecule has 0 saturated carbocycles. The fraction of sp³-hybridized carbons (Fsp3) is 0.133. The Morgan fingerprint density at radius 3 is 2.39 bits per heavy atom. The van der Waals surface area contributed by atoms with E-state index in [4.69, 9.17) is 4.74 Å². The molecule has 0 saturated heterocycles. The largest absolute Gasteiger partial charge is 0.482 e. The molecule has 2 aromatic carbocycles. The maximum atomic E-state index is 12.1. The van der Waals surface area contributed by atoms with Crippen molar-refractivity contribution in [3.05, 3.63) is 65.7 Å². The minimum absolute atomic E-state index is 0.286. The number of fused-ring (bicyclic) bond motifs is 1. The van der Waals surface area contributed by atoms with Crippen molar-refractivity contribution in [1.29, 1.82) is 0 Å². The second kappa shape index (κ2) is 4.27. The van der Waals surface area contributed by atoms with Crippen LogP contribution in [0.15, 0.2) is 54.6 Å². The highest BCUT2D eigenvalue weighted by molar-refractivity contribution is 6.03. The van der Waals surface area contributed by atoms with E-state index >= 15 is 0 Å². The maximum Gasteiger partial charge on any atom is 0.199 e. The van der Waals surface area contributed by atoms with Gasteiger partial charge in [0.15, 0.2) is 18.0 Å². The summed E-state index contributed by atoms with van der Waals surface area (Å²) in [6.45, 7) is 0.